The highest BCUT2D eigenvalue weighted by Gasteiger charge is 2.35. The summed E-state index contributed by atoms with van der Waals surface area (Å²) in [6, 6.07) is 16.4. The van der Waals surface area contributed by atoms with Gasteiger partial charge in [0, 0.05) is 17.5 Å². The first-order valence-electron chi connectivity index (χ1n) is 17.4. The number of benzene rings is 4. The lowest BCUT2D eigenvalue weighted by Gasteiger charge is -2.35. The third-order valence-corrected chi connectivity index (χ3v) is 10.5. The van der Waals surface area contributed by atoms with Crippen molar-refractivity contribution in [2.75, 3.05) is 13.2 Å². The lowest BCUT2D eigenvalue weighted by molar-refractivity contribution is 0.231. The largest absolute Gasteiger partial charge is 0.506 e. The van der Waals surface area contributed by atoms with Crippen LogP contribution in [0, 0.1) is 29.6 Å². The fraction of sp³-hybridized carbons (Fsp3) is 0.442. The number of rotatable bonds is 12. The SMILES string of the molecule is CC(C)(C)CC(C)(C)c1cc(I)c(O)c(-c2cccc(F)c2)c1OCCCOc1c(C(C)(C)CC(C)(C)C)cc(I)c(O)c1-c1cccc(F)c1. The molecule has 0 bridgehead atoms. The summed E-state index contributed by atoms with van der Waals surface area (Å²) < 4.78 is 43.6. The van der Waals surface area contributed by atoms with E-state index in [1.165, 1.54) is 24.3 Å². The summed E-state index contributed by atoms with van der Waals surface area (Å²) >= 11 is 4.26. The molecular formula is C43H52F2I2O4. The zero-order valence-electron chi connectivity index (χ0n) is 31.5. The zero-order chi connectivity index (χ0) is 38.1. The highest BCUT2D eigenvalue weighted by atomic mass is 127. The zero-order valence-corrected chi connectivity index (χ0v) is 35.8. The summed E-state index contributed by atoms with van der Waals surface area (Å²) in [5.74, 6) is 0.325. The van der Waals surface area contributed by atoms with E-state index in [2.05, 4.69) is 114 Å². The van der Waals surface area contributed by atoms with Gasteiger partial charge in [-0.3, -0.25) is 0 Å². The molecule has 0 atom stereocenters. The molecule has 0 fully saturated rings. The molecule has 0 aliphatic rings. The second-order valence-corrected chi connectivity index (χ2v) is 19.6. The van der Waals surface area contributed by atoms with Crippen LogP contribution in [-0.4, -0.2) is 23.4 Å². The molecule has 2 N–H and O–H groups in total. The molecule has 0 heterocycles. The van der Waals surface area contributed by atoms with Gasteiger partial charge in [-0.05, 0) is 127 Å². The lowest BCUT2D eigenvalue weighted by atomic mass is 9.71. The van der Waals surface area contributed by atoms with Crippen molar-refractivity contribution < 1.29 is 28.5 Å². The van der Waals surface area contributed by atoms with Gasteiger partial charge >= 0.3 is 0 Å². The highest BCUT2D eigenvalue weighted by Crippen LogP contribution is 2.51. The summed E-state index contributed by atoms with van der Waals surface area (Å²) in [4.78, 5) is 0. The minimum absolute atomic E-state index is 0.00780. The van der Waals surface area contributed by atoms with Crippen LogP contribution in [0.15, 0.2) is 60.7 Å². The van der Waals surface area contributed by atoms with Gasteiger partial charge in [-0.15, -0.1) is 0 Å². The summed E-state index contributed by atoms with van der Waals surface area (Å²) in [6.07, 6.45) is 2.15. The molecule has 0 saturated carbocycles. The van der Waals surface area contributed by atoms with Gasteiger partial charge in [0.1, 0.15) is 34.6 Å². The minimum Gasteiger partial charge on any atom is -0.506 e. The fourth-order valence-electron chi connectivity index (χ4n) is 7.62. The second kappa shape index (κ2) is 15.8. The van der Waals surface area contributed by atoms with Gasteiger partial charge in [0.15, 0.2) is 0 Å². The molecule has 0 aromatic heterocycles. The molecule has 4 aromatic rings. The van der Waals surface area contributed by atoms with E-state index in [1.54, 1.807) is 24.3 Å². The van der Waals surface area contributed by atoms with Crippen molar-refractivity contribution in [1.29, 1.82) is 0 Å². The van der Waals surface area contributed by atoms with Gasteiger partial charge in [-0.25, -0.2) is 8.78 Å². The third-order valence-electron chi connectivity index (χ3n) is 8.82. The van der Waals surface area contributed by atoms with Crippen LogP contribution >= 0.6 is 45.2 Å². The minimum atomic E-state index is -0.402. The van der Waals surface area contributed by atoms with Crippen molar-refractivity contribution in [3.63, 3.8) is 0 Å². The Balaban J connectivity index is 1.74. The molecule has 276 valence electrons. The Morgan fingerprint density at radius 1 is 0.569 bits per heavy atom. The van der Waals surface area contributed by atoms with Gasteiger partial charge in [-0.2, -0.15) is 0 Å². The molecule has 4 rings (SSSR count). The maximum Gasteiger partial charge on any atom is 0.140 e. The molecule has 0 unspecified atom stereocenters. The molecule has 4 nitrogen and oxygen atoms in total. The van der Waals surface area contributed by atoms with E-state index in [0.29, 0.717) is 47.3 Å². The lowest BCUT2D eigenvalue weighted by Crippen LogP contribution is -2.26. The number of aromatic hydroxyl groups is 2. The normalized spacial score (nSPS) is 12.7. The monoisotopic (exact) mass is 924 g/mol. The Morgan fingerprint density at radius 3 is 1.24 bits per heavy atom. The van der Waals surface area contributed by atoms with E-state index in [-0.39, 0.29) is 46.4 Å². The van der Waals surface area contributed by atoms with E-state index in [0.717, 1.165) is 24.0 Å². The summed E-state index contributed by atoms with van der Waals surface area (Å²) in [6.45, 7) is 22.4. The topological polar surface area (TPSA) is 58.9 Å². The second-order valence-electron chi connectivity index (χ2n) is 17.2. The number of phenolic OH excluding ortho intramolecular Hbond substituents is 2. The molecule has 4 aromatic carbocycles. The first kappa shape index (κ1) is 41.2. The van der Waals surface area contributed by atoms with Crippen molar-refractivity contribution in [3.8, 4) is 45.3 Å². The number of ether oxygens (including phenoxy) is 2. The molecular weight excluding hydrogens is 872 g/mol. The molecule has 0 amide bonds. The Morgan fingerprint density at radius 2 is 0.922 bits per heavy atom. The Kier molecular flexibility index (Phi) is 12.7. The average Bonchev–Trinajstić information content (AvgIpc) is 2.97. The third kappa shape index (κ3) is 10.3. The molecule has 0 aliphatic heterocycles. The standard InChI is InChI=1S/C43H52F2I2O4/c1-40(2,3)24-42(7,8)30-22-32(46)36(48)34(26-14-11-16-28(44)20-26)38(30)50-18-13-19-51-39-31(43(9,10)25-41(4,5)6)23-33(47)37(49)35(39)27-15-12-17-29(45)21-27/h11-12,14-17,20-23,48-49H,13,18-19,24-25H2,1-10H3. The van der Waals surface area contributed by atoms with E-state index >= 15 is 0 Å². The first-order chi connectivity index (χ1) is 23.5. The van der Waals surface area contributed by atoms with Crippen LogP contribution in [0.1, 0.15) is 99.6 Å². The number of halogens is 4. The maximum atomic E-state index is 14.5. The quantitative estimate of drug-likeness (QED) is 0.110. The molecule has 0 aliphatic carbocycles. The Hall–Kier alpha value is -2.60. The van der Waals surface area contributed by atoms with Gasteiger partial charge in [0.25, 0.3) is 0 Å². The van der Waals surface area contributed by atoms with Crippen LogP contribution in [0.25, 0.3) is 22.3 Å². The predicted molar refractivity (Wildman–Crippen MR) is 222 cm³/mol. The summed E-state index contributed by atoms with van der Waals surface area (Å²) in [7, 11) is 0. The number of hydrogen-bond donors (Lipinski definition) is 2. The van der Waals surface area contributed by atoms with E-state index < -0.39 is 11.6 Å². The van der Waals surface area contributed by atoms with Crippen molar-refractivity contribution in [2.24, 2.45) is 10.8 Å². The molecule has 0 radical (unpaired) electrons. The van der Waals surface area contributed by atoms with Gasteiger partial charge in [-0.1, -0.05) is 93.5 Å². The average molecular weight is 925 g/mol. The van der Waals surface area contributed by atoms with E-state index in [4.69, 9.17) is 9.47 Å². The van der Waals surface area contributed by atoms with Crippen molar-refractivity contribution in [2.45, 2.75) is 99.3 Å². The van der Waals surface area contributed by atoms with Crippen molar-refractivity contribution in [1.82, 2.24) is 0 Å². The smallest absolute Gasteiger partial charge is 0.140 e. The molecule has 0 spiro atoms. The van der Waals surface area contributed by atoms with Crippen LogP contribution < -0.4 is 9.47 Å². The molecule has 0 saturated heterocycles. The number of phenols is 2. The van der Waals surface area contributed by atoms with Crippen LogP contribution in [0.2, 0.25) is 0 Å². The van der Waals surface area contributed by atoms with Gasteiger partial charge in [0.05, 0.1) is 31.5 Å². The van der Waals surface area contributed by atoms with Crippen LogP contribution in [0.4, 0.5) is 8.78 Å². The van der Waals surface area contributed by atoms with Crippen LogP contribution in [-0.2, 0) is 10.8 Å². The van der Waals surface area contributed by atoms with E-state index in [9.17, 15) is 19.0 Å². The Labute approximate surface area is 330 Å². The van der Waals surface area contributed by atoms with Gasteiger partial charge in [0.2, 0.25) is 0 Å². The Bertz CT molecular complexity index is 1730. The summed E-state index contributed by atoms with van der Waals surface area (Å²) in [5, 5.41) is 22.8. The summed E-state index contributed by atoms with van der Waals surface area (Å²) in [5.41, 5.74) is 3.18. The van der Waals surface area contributed by atoms with Crippen LogP contribution in [0.3, 0.4) is 0 Å². The fourth-order valence-corrected chi connectivity index (χ4v) is 8.79. The van der Waals surface area contributed by atoms with Gasteiger partial charge < -0.3 is 19.7 Å². The van der Waals surface area contributed by atoms with E-state index in [1.807, 2.05) is 12.1 Å². The predicted octanol–water partition coefficient (Wildman–Crippen LogP) is 13.2. The first-order valence-corrected chi connectivity index (χ1v) is 19.6. The molecule has 8 heteroatoms. The highest BCUT2D eigenvalue weighted by molar-refractivity contribution is 14.1. The molecule has 51 heavy (non-hydrogen) atoms. The van der Waals surface area contributed by atoms with Crippen molar-refractivity contribution in [3.05, 3.63) is 90.6 Å². The maximum absolute atomic E-state index is 14.5. The van der Waals surface area contributed by atoms with Crippen LogP contribution in [0.5, 0.6) is 23.0 Å². The number of hydrogen-bond acceptors (Lipinski definition) is 4. The van der Waals surface area contributed by atoms with Crippen molar-refractivity contribution >= 4 is 45.2 Å².